The molecule has 38 heavy (non-hydrogen) atoms. The molecular formula is C28H29FN4O4S. The van der Waals surface area contributed by atoms with Crippen LogP contribution in [-0.4, -0.2) is 61.9 Å². The molecule has 0 radical (unpaired) electrons. The number of thiazole rings is 1. The second-order valence-corrected chi connectivity index (χ2v) is 11.9. The number of carbonyl (C=O) groups excluding carboxylic acids is 2. The molecule has 3 aromatic rings. The molecule has 0 bridgehead atoms. The summed E-state index contributed by atoms with van der Waals surface area (Å²) in [6.07, 6.45) is 6.64. The molecule has 10 heteroatoms. The number of likely N-dealkylation sites (tertiary alicyclic amines) is 1. The van der Waals surface area contributed by atoms with Crippen LogP contribution in [0.2, 0.25) is 0 Å². The summed E-state index contributed by atoms with van der Waals surface area (Å²) in [6, 6.07) is 6.08. The largest absolute Gasteiger partial charge is 0.503 e. The summed E-state index contributed by atoms with van der Waals surface area (Å²) in [5.74, 6) is -1.17. The van der Waals surface area contributed by atoms with Gasteiger partial charge < -0.3 is 19.5 Å². The molecule has 0 unspecified atom stereocenters. The number of hydrogen-bond donors (Lipinski definition) is 1. The first kappa shape index (κ1) is 24.8. The maximum absolute atomic E-state index is 13.8. The molecule has 6 rings (SSSR count). The fourth-order valence-corrected chi connectivity index (χ4v) is 6.43. The van der Waals surface area contributed by atoms with E-state index in [1.807, 2.05) is 6.92 Å². The average Bonchev–Trinajstić information content (AvgIpc) is 3.62. The van der Waals surface area contributed by atoms with Crippen molar-refractivity contribution < 1.29 is 19.1 Å². The van der Waals surface area contributed by atoms with E-state index in [0.717, 1.165) is 29.7 Å². The lowest BCUT2D eigenvalue weighted by molar-refractivity contribution is -0.145. The van der Waals surface area contributed by atoms with Gasteiger partial charge >= 0.3 is 0 Å². The second-order valence-electron chi connectivity index (χ2n) is 10.8. The van der Waals surface area contributed by atoms with Crippen LogP contribution >= 0.6 is 11.3 Å². The molecule has 4 heterocycles. The third-order valence-electron chi connectivity index (χ3n) is 8.13. The zero-order valence-electron chi connectivity index (χ0n) is 21.3. The van der Waals surface area contributed by atoms with Crippen molar-refractivity contribution in [3.05, 3.63) is 68.8 Å². The molecule has 1 saturated carbocycles. The van der Waals surface area contributed by atoms with Crippen molar-refractivity contribution in [1.29, 1.82) is 0 Å². The van der Waals surface area contributed by atoms with E-state index >= 15 is 0 Å². The maximum atomic E-state index is 13.8. The van der Waals surface area contributed by atoms with Crippen molar-refractivity contribution in [2.24, 2.45) is 5.92 Å². The third-order valence-corrected chi connectivity index (χ3v) is 9.16. The number of halogens is 1. The Morgan fingerprint density at radius 3 is 2.58 bits per heavy atom. The number of carbonyl (C=O) groups is 2. The van der Waals surface area contributed by atoms with Gasteiger partial charge in [-0.1, -0.05) is 12.1 Å². The quantitative estimate of drug-likeness (QED) is 0.519. The van der Waals surface area contributed by atoms with Crippen LogP contribution in [0, 0.1) is 11.7 Å². The topological polar surface area (TPSA) is 95.7 Å². The van der Waals surface area contributed by atoms with E-state index in [-0.39, 0.29) is 35.6 Å². The van der Waals surface area contributed by atoms with Crippen LogP contribution in [0.4, 0.5) is 4.39 Å². The molecule has 0 spiro atoms. The number of rotatable bonds is 6. The van der Waals surface area contributed by atoms with Gasteiger partial charge in [0.1, 0.15) is 16.4 Å². The van der Waals surface area contributed by atoms with E-state index < -0.39 is 22.6 Å². The zero-order valence-corrected chi connectivity index (χ0v) is 22.1. The summed E-state index contributed by atoms with van der Waals surface area (Å²) in [6.45, 7) is 5.22. The Morgan fingerprint density at radius 1 is 1.24 bits per heavy atom. The van der Waals surface area contributed by atoms with Gasteiger partial charge in [0.25, 0.3) is 5.91 Å². The Morgan fingerprint density at radius 2 is 1.95 bits per heavy atom. The number of aromatic hydroxyl groups is 1. The van der Waals surface area contributed by atoms with E-state index in [1.165, 1.54) is 34.2 Å². The van der Waals surface area contributed by atoms with Crippen molar-refractivity contribution >= 4 is 23.2 Å². The number of aromatic nitrogens is 2. The van der Waals surface area contributed by atoms with Gasteiger partial charge in [0.15, 0.2) is 11.4 Å². The highest BCUT2D eigenvalue weighted by molar-refractivity contribution is 7.15. The predicted molar refractivity (Wildman–Crippen MR) is 141 cm³/mol. The summed E-state index contributed by atoms with van der Waals surface area (Å²) < 4.78 is 14.8. The number of pyridine rings is 1. The van der Waals surface area contributed by atoms with Crippen LogP contribution in [0.3, 0.4) is 0 Å². The van der Waals surface area contributed by atoms with Crippen molar-refractivity contribution in [2.75, 3.05) is 19.6 Å². The van der Waals surface area contributed by atoms with Crippen molar-refractivity contribution in [3.63, 3.8) is 0 Å². The first-order chi connectivity index (χ1) is 18.2. The van der Waals surface area contributed by atoms with Crippen LogP contribution in [-0.2, 0) is 16.8 Å². The molecule has 3 aliphatic rings. The van der Waals surface area contributed by atoms with Crippen LogP contribution in [0.1, 0.15) is 54.0 Å². The van der Waals surface area contributed by atoms with Gasteiger partial charge in [0.2, 0.25) is 11.3 Å². The van der Waals surface area contributed by atoms with Crippen LogP contribution in [0.25, 0.3) is 10.6 Å². The van der Waals surface area contributed by atoms with E-state index in [2.05, 4.69) is 4.98 Å². The van der Waals surface area contributed by atoms with E-state index in [1.54, 1.807) is 35.1 Å². The number of amides is 2. The standard InChI is InChI=1S/C28H29FN4O4S/c1-16(18-6-7-18)32-15-28(2,27(37)31-10-3-11-31)33-14-21(23(34)24(35)22(33)26(32)36)25-30-13-20(38-25)12-17-4-8-19(29)9-5-17/h4-5,8-9,13-14,16,18,35H,3,6-7,10-12,15H2,1-2H3/t16-,28-/m1/s1. The van der Waals surface area contributed by atoms with E-state index in [4.69, 9.17) is 0 Å². The van der Waals surface area contributed by atoms with Gasteiger partial charge in [-0.2, -0.15) is 0 Å². The van der Waals surface area contributed by atoms with Gasteiger partial charge in [-0.3, -0.25) is 14.4 Å². The molecule has 2 atom stereocenters. The summed E-state index contributed by atoms with van der Waals surface area (Å²) >= 11 is 1.29. The molecule has 2 aromatic heterocycles. The highest BCUT2D eigenvalue weighted by atomic mass is 32.1. The van der Waals surface area contributed by atoms with Crippen LogP contribution in [0.15, 0.2) is 41.5 Å². The van der Waals surface area contributed by atoms with Gasteiger partial charge in [-0.25, -0.2) is 9.37 Å². The Bertz CT molecular complexity index is 1490. The minimum atomic E-state index is -1.18. The summed E-state index contributed by atoms with van der Waals surface area (Å²) in [4.78, 5) is 49.5. The molecule has 1 saturated heterocycles. The SMILES string of the molecule is C[C@H](C1CC1)N1C[C@](C)(C(=O)N2CCC2)n2cc(-c3ncc(Cc4ccc(F)cc4)s3)c(=O)c(O)c2C1=O. The van der Waals surface area contributed by atoms with Gasteiger partial charge in [0.05, 0.1) is 12.1 Å². The summed E-state index contributed by atoms with van der Waals surface area (Å²) in [5.41, 5.74) is -0.972. The Kier molecular flexibility index (Phi) is 5.90. The zero-order chi connectivity index (χ0) is 26.8. The number of fused-ring (bicyclic) bond motifs is 1. The lowest BCUT2D eigenvalue weighted by Gasteiger charge is -2.48. The molecular weight excluding hydrogens is 507 g/mol. The van der Waals surface area contributed by atoms with Gasteiger partial charge in [0, 0.05) is 42.8 Å². The first-order valence-electron chi connectivity index (χ1n) is 13.0. The minimum absolute atomic E-state index is 0.0954. The molecule has 1 aromatic carbocycles. The first-order valence-corrected chi connectivity index (χ1v) is 13.8. The molecule has 2 amide bonds. The lowest BCUT2D eigenvalue weighted by Crippen LogP contribution is -2.63. The predicted octanol–water partition coefficient (Wildman–Crippen LogP) is 3.61. The van der Waals surface area contributed by atoms with Crippen molar-refractivity contribution in [1.82, 2.24) is 19.4 Å². The highest BCUT2D eigenvalue weighted by Gasteiger charge is 2.51. The lowest BCUT2D eigenvalue weighted by atomic mass is 9.91. The summed E-state index contributed by atoms with van der Waals surface area (Å²) in [5, 5.41) is 11.5. The fraction of sp³-hybridized carbons (Fsp3) is 0.429. The monoisotopic (exact) mass is 536 g/mol. The number of hydrogen-bond acceptors (Lipinski definition) is 6. The average molecular weight is 537 g/mol. The molecule has 2 aliphatic heterocycles. The molecule has 2 fully saturated rings. The maximum Gasteiger partial charge on any atom is 0.274 e. The summed E-state index contributed by atoms with van der Waals surface area (Å²) in [7, 11) is 0. The Hall–Kier alpha value is -3.53. The van der Waals surface area contributed by atoms with Crippen molar-refractivity contribution in [3.8, 4) is 16.3 Å². The molecule has 1 N–H and O–H groups in total. The number of nitrogens with zero attached hydrogens (tertiary/aromatic N) is 4. The minimum Gasteiger partial charge on any atom is -0.503 e. The van der Waals surface area contributed by atoms with Crippen LogP contribution in [0.5, 0.6) is 5.75 Å². The Balaban J connectivity index is 1.43. The van der Waals surface area contributed by atoms with Crippen molar-refractivity contribution in [2.45, 2.75) is 51.1 Å². The number of benzene rings is 1. The van der Waals surface area contributed by atoms with Gasteiger partial charge in [-0.15, -0.1) is 11.3 Å². The van der Waals surface area contributed by atoms with E-state index in [9.17, 15) is 23.9 Å². The Labute approximate surface area is 223 Å². The van der Waals surface area contributed by atoms with Crippen LogP contribution < -0.4 is 5.43 Å². The molecule has 1 aliphatic carbocycles. The molecule has 198 valence electrons. The third kappa shape index (κ3) is 4.02. The van der Waals surface area contributed by atoms with Gasteiger partial charge in [-0.05, 0) is 56.7 Å². The molecule has 8 nitrogen and oxygen atoms in total. The fourth-order valence-electron chi connectivity index (χ4n) is 5.47. The normalized spacial score (nSPS) is 21.7. The smallest absolute Gasteiger partial charge is 0.274 e. The van der Waals surface area contributed by atoms with E-state index in [0.29, 0.717) is 30.4 Å². The second kappa shape index (κ2) is 9.04. The highest BCUT2D eigenvalue weighted by Crippen LogP contribution is 2.41.